The van der Waals surface area contributed by atoms with Crippen LogP contribution in [-0.2, 0) is 14.8 Å². The van der Waals surface area contributed by atoms with Crippen molar-refractivity contribution < 1.29 is 22.7 Å². The lowest BCUT2D eigenvalue weighted by molar-refractivity contribution is -0.114. The number of rotatable bonds is 8. The van der Waals surface area contributed by atoms with Crippen LogP contribution < -0.4 is 19.1 Å². The van der Waals surface area contributed by atoms with Crippen molar-refractivity contribution in [1.82, 2.24) is 0 Å². The third-order valence-corrected chi connectivity index (χ3v) is 6.63. The smallest absolute Gasteiger partial charge is 0.264 e. The standard InChI is InChI=1S/C22H20Cl2N2O5S/c1-30-18-8-9-21(31-2)20(13-18)26(32(28,29)19-6-4-3-5-7-19)14-22(27)25-17-11-15(23)10-16(24)12-17/h3-13H,14H2,1-2H3,(H,25,27). The number of hydrogen-bond donors (Lipinski definition) is 1. The Balaban J connectivity index is 2.04. The van der Waals surface area contributed by atoms with E-state index in [0.29, 0.717) is 21.5 Å². The summed E-state index contributed by atoms with van der Waals surface area (Å²) in [7, 11) is -1.27. The first kappa shape index (κ1) is 23.7. The van der Waals surface area contributed by atoms with Gasteiger partial charge in [-0.2, -0.15) is 0 Å². The minimum atomic E-state index is -4.13. The summed E-state index contributed by atoms with van der Waals surface area (Å²) in [6.45, 7) is -0.537. The van der Waals surface area contributed by atoms with E-state index in [-0.39, 0.29) is 16.3 Å². The summed E-state index contributed by atoms with van der Waals surface area (Å²) in [5.41, 5.74) is 0.483. The fourth-order valence-electron chi connectivity index (χ4n) is 2.97. The van der Waals surface area contributed by atoms with E-state index >= 15 is 0 Å². The molecule has 0 heterocycles. The zero-order chi connectivity index (χ0) is 23.3. The quantitative estimate of drug-likeness (QED) is 0.483. The zero-order valence-electron chi connectivity index (χ0n) is 17.2. The van der Waals surface area contributed by atoms with E-state index in [1.807, 2.05) is 0 Å². The SMILES string of the molecule is COc1ccc(OC)c(N(CC(=O)Nc2cc(Cl)cc(Cl)c2)S(=O)(=O)c2ccccc2)c1. The van der Waals surface area contributed by atoms with Crippen molar-refractivity contribution in [3.8, 4) is 11.5 Å². The summed E-state index contributed by atoms with van der Waals surface area (Å²) in [5, 5.41) is 3.29. The predicted octanol–water partition coefficient (Wildman–Crippen LogP) is 4.84. The van der Waals surface area contributed by atoms with E-state index in [9.17, 15) is 13.2 Å². The van der Waals surface area contributed by atoms with Gasteiger partial charge < -0.3 is 14.8 Å². The van der Waals surface area contributed by atoms with Crippen LogP contribution in [0.15, 0.2) is 71.6 Å². The Morgan fingerprint density at radius 1 is 0.938 bits per heavy atom. The van der Waals surface area contributed by atoms with Crippen molar-refractivity contribution in [2.75, 3.05) is 30.4 Å². The number of amides is 1. The summed E-state index contributed by atoms with van der Waals surface area (Å²) < 4.78 is 38.6. The van der Waals surface area contributed by atoms with Gasteiger partial charge in [-0.3, -0.25) is 9.10 Å². The first-order valence-electron chi connectivity index (χ1n) is 9.30. The Kier molecular flexibility index (Phi) is 7.50. The molecule has 1 amide bonds. The highest BCUT2D eigenvalue weighted by Crippen LogP contribution is 2.35. The largest absolute Gasteiger partial charge is 0.497 e. The fraction of sp³-hybridized carbons (Fsp3) is 0.136. The van der Waals surface area contributed by atoms with Crippen LogP contribution in [0.2, 0.25) is 10.0 Å². The molecule has 10 heteroatoms. The molecule has 0 unspecified atom stereocenters. The zero-order valence-corrected chi connectivity index (χ0v) is 19.5. The van der Waals surface area contributed by atoms with E-state index in [1.165, 1.54) is 50.6 Å². The molecule has 0 radical (unpaired) electrons. The molecular formula is C22H20Cl2N2O5S. The lowest BCUT2D eigenvalue weighted by Gasteiger charge is -2.26. The first-order chi connectivity index (χ1) is 15.2. The number of benzene rings is 3. The highest BCUT2D eigenvalue weighted by atomic mass is 35.5. The highest BCUT2D eigenvalue weighted by Gasteiger charge is 2.30. The maximum atomic E-state index is 13.5. The molecule has 3 aromatic rings. The normalized spacial score (nSPS) is 11.0. The molecule has 7 nitrogen and oxygen atoms in total. The molecule has 0 aliphatic heterocycles. The summed E-state index contributed by atoms with van der Waals surface area (Å²) in [5.74, 6) is 0.0488. The molecule has 32 heavy (non-hydrogen) atoms. The van der Waals surface area contributed by atoms with Crippen LogP contribution >= 0.6 is 23.2 Å². The third kappa shape index (κ3) is 5.45. The van der Waals surface area contributed by atoms with Crippen molar-refractivity contribution in [3.63, 3.8) is 0 Å². The molecule has 0 aliphatic rings. The van der Waals surface area contributed by atoms with Gasteiger partial charge in [0.1, 0.15) is 18.0 Å². The number of carbonyl (C=O) groups excluding carboxylic acids is 1. The highest BCUT2D eigenvalue weighted by molar-refractivity contribution is 7.92. The van der Waals surface area contributed by atoms with Crippen LogP contribution in [0.4, 0.5) is 11.4 Å². The Morgan fingerprint density at radius 3 is 2.19 bits per heavy atom. The van der Waals surface area contributed by atoms with Gasteiger partial charge in [-0.15, -0.1) is 0 Å². The first-order valence-corrected chi connectivity index (χ1v) is 11.5. The van der Waals surface area contributed by atoms with Gasteiger partial charge in [0, 0.05) is 21.8 Å². The molecule has 3 aromatic carbocycles. The summed E-state index contributed by atoms with van der Waals surface area (Å²) in [6, 6.07) is 17.0. The minimum absolute atomic E-state index is 0.0171. The molecule has 0 spiro atoms. The molecule has 0 fully saturated rings. The van der Waals surface area contributed by atoms with Crippen molar-refractivity contribution in [3.05, 3.63) is 76.8 Å². The second-order valence-electron chi connectivity index (χ2n) is 6.57. The fourth-order valence-corrected chi connectivity index (χ4v) is 4.94. The van der Waals surface area contributed by atoms with Crippen molar-refractivity contribution >= 4 is 50.5 Å². The number of methoxy groups -OCH3 is 2. The van der Waals surface area contributed by atoms with Gasteiger partial charge in [0.05, 0.1) is 24.8 Å². The van der Waals surface area contributed by atoms with Gasteiger partial charge in [0.25, 0.3) is 10.0 Å². The van der Waals surface area contributed by atoms with Gasteiger partial charge in [0.2, 0.25) is 5.91 Å². The van der Waals surface area contributed by atoms with Crippen LogP contribution in [0.25, 0.3) is 0 Å². The lowest BCUT2D eigenvalue weighted by atomic mass is 10.2. The van der Waals surface area contributed by atoms with Gasteiger partial charge in [-0.25, -0.2) is 8.42 Å². The monoisotopic (exact) mass is 494 g/mol. The van der Waals surface area contributed by atoms with E-state index in [2.05, 4.69) is 5.32 Å². The van der Waals surface area contributed by atoms with Crippen molar-refractivity contribution in [1.29, 1.82) is 0 Å². The number of nitrogens with zero attached hydrogens (tertiary/aromatic N) is 1. The molecule has 0 aliphatic carbocycles. The van der Waals surface area contributed by atoms with Crippen LogP contribution in [0.3, 0.4) is 0 Å². The Bertz CT molecular complexity index is 1200. The number of nitrogens with one attached hydrogen (secondary N) is 1. The van der Waals surface area contributed by atoms with Gasteiger partial charge >= 0.3 is 0 Å². The van der Waals surface area contributed by atoms with Gasteiger partial charge in [-0.1, -0.05) is 41.4 Å². The molecular weight excluding hydrogens is 475 g/mol. The molecule has 168 valence electrons. The summed E-state index contributed by atoms with van der Waals surface area (Å²) >= 11 is 12.0. The second-order valence-corrected chi connectivity index (χ2v) is 9.30. The minimum Gasteiger partial charge on any atom is -0.497 e. The maximum absolute atomic E-state index is 13.5. The Hall–Kier alpha value is -2.94. The molecule has 0 saturated heterocycles. The Morgan fingerprint density at radius 2 is 1.59 bits per heavy atom. The number of carbonyl (C=O) groups is 1. The van der Waals surface area contributed by atoms with E-state index in [0.717, 1.165) is 4.31 Å². The Labute approximate surface area is 196 Å². The number of sulfonamides is 1. The average Bonchev–Trinajstić information content (AvgIpc) is 2.76. The lowest BCUT2D eigenvalue weighted by Crippen LogP contribution is -2.38. The molecule has 0 bridgehead atoms. The molecule has 0 aromatic heterocycles. The summed E-state index contributed by atoms with van der Waals surface area (Å²) in [4.78, 5) is 12.9. The topological polar surface area (TPSA) is 84.9 Å². The van der Waals surface area contributed by atoms with Crippen LogP contribution in [0.1, 0.15) is 0 Å². The van der Waals surface area contributed by atoms with Crippen molar-refractivity contribution in [2.24, 2.45) is 0 Å². The predicted molar refractivity (Wildman–Crippen MR) is 126 cm³/mol. The van der Waals surface area contributed by atoms with Crippen LogP contribution in [-0.4, -0.2) is 35.1 Å². The molecule has 1 N–H and O–H groups in total. The second kappa shape index (κ2) is 10.1. The van der Waals surface area contributed by atoms with Crippen LogP contribution in [0.5, 0.6) is 11.5 Å². The van der Waals surface area contributed by atoms with E-state index in [4.69, 9.17) is 32.7 Å². The van der Waals surface area contributed by atoms with Gasteiger partial charge in [0.15, 0.2) is 0 Å². The van der Waals surface area contributed by atoms with Crippen LogP contribution in [0, 0.1) is 0 Å². The molecule has 3 rings (SSSR count). The van der Waals surface area contributed by atoms with Gasteiger partial charge in [-0.05, 0) is 42.5 Å². The third-order valence-electron chi connectivity index (χ3n) is 4.42. The number of anilines is 2. The maximum Gasteiger partial charge on any atom is 0.264 e. The van der Waals surface area contributed by atoms with Crippen molar-refractivity contribution in [2.45, 2.75) is 4.90 Å². The number of ether oxygens (including phenoxy) is 2. The van der Waals surface area contributed by atoms with E-state index < -0.39 is 22.5 Å². The molecule has 0 saturated carbocycles. The van der Waals surface area contributed by atoms with E-state index in [1.54, 1.807) is 30.3 Å². The summed E-state index contributed by atoms with van der Waals surface area (Å²) in [6.07, 6.45) is 0. The number of halogens is 2. The number of hydrogen-bond acceptors (Lipinski definition) is 5. The average molecular weight is 495 g/mol. The molecule has 0 atom stereocenters.